The van der Waals surface area contributed by atoms with E-state index in [9.17, 15) is 4.79 Å². The zero-order valence-corrected chi connectivity index (χ0v) is 11.3. The van der Waals surface area contributed by atoms with Gasteiger partial charge in [0.05, 0.1) is 6.54 Å². The lowest BCUT2D eigenvalue weighted by molar-refractivity contribution is 0.140. The number of aryl methyl sites for hydroxylation is 1. The van der Waals surface area contributed by atoms with Gasteiger partial charge in [0.25, 0.3) is 0 Å². The first-order chi connectivity index (χ1) is 8.56. The quantitative estimate of drug-likeness (QED) is 0.864. The van der Waals surface area contributed by atoms with Gasteiger partial charge in [0.2, 0.25) is 0 Å². The van der Waals surface area contributed by atoms with Crippen LogP contribution in [-0.4, -0.2) is 51.1 Å². The zero-order chi connectivity index (χ0) is 13.1. The second-order valence-electron chi connectivity index (χ2n) is 5.15. The molecule has 1 fully saturated rings. The highest BCUT2D eigenvalue weighted by molar-refractivity contribution is 5.74. The van der Waals surface area contributed by atoms with Crippen molar-refractivity contribution in [2.75, 3.05) is 20.1 Å². The maximum Gasteiger partial charge on any atom is 0.320 e. The predicted molar refractivity (Wildman–Crippen MR) is 68.0 cm³/mol. The van der Waals surface area contributed by atoms with E-state index in [0.29, 0.717) is 12.4 Å². The second-order valence-corrected chi connectivity index (χ2v) is 5.15. The third kappa shape index (κ3) is 3.00. The normalized spacial score (nSPS) is 16.9. The fourth-order valence-corrected chi connectivity index (χ4v) is 2.18. The van der Waals surface area contributed by atoms with Crippen molar-refractivity contribution in [3.05, 3.63) is 11.6 Å². The fraction of sp³-hybridized carbons (Fsp3) is 0.750. The van der Waals surface area contributed by atoms with Crippen LogP contribution >= 0.6 is 0 Å². The number of piperidine rings is 1. The summed E-state index contributed by atoms with van der Waals surface area (Å²) in [5, 5.41) is 6.83. The Morgan fingerprint density at radius 2 is 2.17 bits per heavy atom. The summed E-state index contributed by atoms with van der Waals surface area (Å²) in [7, 11) is 1.80. The largest absolute Gasteiger partial charge is 0.325 e. The van der Waals surface area contributed by atoms with Crippen LogP contribution in [0.4, 0.5) is 4.79 Å². The summed E-state index contributed by atoms with van der Waals surface area (Å²) in [6.45, 7) is 6.26. The number of hydrogen-bond donors (Lipinski definition) is 1. The van der Waals surface area contributed by atoms with E-state index in [1.807, 2.05) is 11.8 Å². The monoisotopic (exact) mass is 251 g/mol. The molecule has 1 aliphatic heterocycles. The lowest BCUT2D eigenvalue weighted by Crippen LogP contribution is -2.44. The lowest BCUT2D eigenvalue weighted by atomic mass is 10.00. The van der Waals surface area contributed by atoms with Crippen molar-refractivity contribution in [2.45, 2.75) is 33.2 Å². The maximum absolute atomic E-state index is 12.2. The molecule has 0 unspecified atom stereocenters. The fourth-order valence-electron chi connectivity index (χ4n) is 2.18. The van der Waals surface area contributed by atoms with Crippen molar-refractivity contribution < 1.29 is 4.79 Å². The SMILES string of the molecule is Cc1nc(CN(C)C(=O)N2CCC(C)CC2)n[nH]1. The van der Waals surface area contributed by atoms with Crippen molar-refractivity contribution in [1.82, 2.24) is 25.0 Å². The number of H-pyrrole nitrogens is 1. The molecule has 2 rings (SSSR count). The van der Waals surface area contributed by atoms with E-state index in [1.165, 1.54) is 0 Å². The molecule has 1 N–H and O–H groups in total. The summed E-state index contributed by atoms with van der Waals surface area (Å²) in [5.74, 6) is 2.17. The van der Waals surface area contributed by atoms with E-state index in [1.54, 1.807) is 11.9 Å². The van der Waals surface area contributed by atoms with Crippen LogP contribution in [0.2, 0.25) is 0 Å². The van der Waals surface area contributed by atoms with Crippen molar-refractivity contribution >= 4 is 6.03 Å². The summed E-state index contributed by atoms with van der Waals surface area (Å²) in [5.41, 5.74) is 0. The van der Waals surface area contributed by atoms with E-state index in [-0.39, 0.29) is 6.03 Å². The van der Waals surface area contributed by atoms with E-state index in [4.69, 9.17) is 0 Å². The first-order valence-corrected chi connectivity index (χ1v) is 6.44. The van der Waals surface area contributed by atoms with Crippen LogP contribution in [0.25, 0.3) is 0 Å². The minimum atomic E-state index is 0.0735. The highest BCUT2D eigenvalue weighted by Gasteiger charge is 2.23. The number of rotatable bonds is 2. The van der Waals surface area contributed by atoms with Crippen molar-refractivity contribution in [2.24, 2.45) is 5.92 Å². The first-order valence-electron chi connectivity index (χ1n) is 6.44. The Balaban J connectivity index is 1.88. The molecule has 0 aliphatic carbocycles. The average Bonchev–Trinajstić information content (AvgIpc) is 2.75. The standard InChI is InChI=1S/C12H21N5O/c1-9-4-6-17(7-5-9)12(18)16(3)8-11-13-10(2)14-15-11/h9H,4-8H2,1-3H3,(H,13,14,15). The van der Waals surface area contributed by atoms with E-state index in [2.05, 4.69) is 22.1 Å². The molecule has 0 radical (unpaired) electrons. The highest BCUT2D eigenvalue weighted by Crippen LogP contribution is 2.17. The van der Waals surface area contributed by atoms with E-state index < -0.39 is 0 Å². The van der Waals surface area contributed by atoms with Gasteiger partial charge in [0, 0.05) is 20.1 Å². The molecule has 100 valence electrons. The van der Waals surface area contributed by atoms with Gasteiger partial charge in [0.15, 0.2) is 5.82 Å². The van der Waals surface area contributed by atoms with Crippen molar-refractivity contribution in [1.29, 1.82) is 0 Å². The van der Waals surface area contributed by atoms with E-state index in [0.717, 1.165) is 37.7 Å². The Hall–Kier alpha value is -1.59. The molecule has 0 aromatic carbocycles. The highest BCUT2D eigenvalue weighted by atomic mass is 16.2. The molecule has 1 aromatic heterocycles. The topological polar surface area (TPSA) is 65.1 Å². The minimum absolute atomic E-state index is 0.0735. The summed E-state index contributed by atoms with van der Waals surface area (Å²) in [6.07, 6.45) is 2.19. The maximum atomic E-state index is 12.2. The van der Waals surface area contributed by atoms with Gasteiger partial charge in [-0.1, -0.05) is 6.92 Å². The van der Waals surface area contributed by atoms with Gasteiger partial charge in [0.1, 0.15) is 5.82 Å². The summed E-state index contributed by atoms with van der Waals surface area (Å²) < 4.78 is 0. The molecule has 6 nitrogen and oxygen atoms in total. The Labute approximate surface area is 107 Å². The number of nitrogens with one attached hydrogen (secondary N) is 1. The van der Waals surface area contributed by atoms with Crippen molar-refractivity contribution in [3.63, 3.8) is 0 Å². The van der Waals surface area contributed by atoms with Crippen LogP contribution in [-0.2, 0) is 6.54 Å². The summed E-state index contributed by atoms with van der Waals surface area (Å²) in [4.78, 5) is 20.0. The number of carbonyl (C=O) groups excluding carboxylic acids is 1. The molecular formula is C12H21N5O. The van der Waals surface area contributed by atoms with E-state index >= 15 is 0 Å². The molecule has 2 amide bonds. The molecule has 2 heterocycles. The molecular weight excluding hydrogens is 230 g/mol. The van der Waals surface area contributed by atoms with Gasteiger partial charge in [-0.3, -0.25) is 5.10 Å². The number of likely N-dealkylation sites (tertiary alicyclic amines) is 1. The molecule has 1 aliphatic rings. The number of amides is 2. The summed E-state index contributed by atoms with van der Waals surface area (Å²) >= 11 is 0. The Morgan fingerprint density at radius 1 is 1.50 bits per heavy atom. The van der Waals surface area contributed by atoms with Crippen LogP contribution < -0.4 is 0 Å². The van der Waals surface area contributed by atoms with Crippen LogP contribution in [0.1, 0.15) is 31.4 Å². The number of aromatic nitrogens is 3. The van der Waals surface area contributed by atoms with Crippen LogP contribution in [0.5, 0.6) is 0 Å². The molecule has 0 bridgehead atoms. The Bertz CT molecular complexity index is 408. The molecule has 0 saturated carbocycles. The molecule has 6 heteroatoms. The van der Waals surface area contributed by atoms with Crippen molar-refractivity contribution in [3.8, 4) is 0 Å². The lowest BCUT2D eigenvalue weighted by Gasteiger charge is -2.33. The number of aromatic amines is 1. The first kappa shape index (κ1) is 12.9. The Kier molecular flexibility index (Phi) is 3.84. The Morgan fingerprint density at radius 3 is 2.72 bits per heavy atom. The molecule has 1 saturated heterocycles. The number of carbonyl (C=O) groups is 1. The molecule has 1 aromatic rings. The predicted octanol–water partition coefficient (Wildman–Crippen LogP) is 1.40. The molecule has 18 heavy (non-hydrogen) atoms. The molecule has 0 spiro atoms. The molecule has 0 atom stereocenters. The third-order valence-corrected chi connectivity index (χ3v) is 3.40. The average molecular weight is 251 g/mol. The van der Waals surface area contributed by atoms with Gasteiger partial charge in [-0.25, -0.2) is 9.78 Å². The van der Waals surface area contributed by atoms with Crippen LogP contribution in [0.3, 0.4) is 0 Å². The minimum Gasteiger partial charge on any atom is -0.325 e. The van der Waals surface area contributed by atoms with Gasteiger partial charge >= 0.3 is 6.03 Å². The van der Waals surface area contributed by atoms with Gasteiger partial charge in [-0.2, -0.15) is 5.10 Å². The van der Waals surface area contributed by atoms with Crippen LogP contribution in [0, 0.1) is 12.8 Å². The second kappa shape index (κ2) is 5.37. The smallest absolute Gasteiger partial charge is 0.320 e. The van der Waals surface area contributed by atoms with Gasteiger partial charge in [-0.05, 0) is 25.7 Å². The number of hydrogen-bond acceptors (Lipinski definition) is 3. The number of nitrogens with zero attached hydrogens (tertiary/aromatic N) is 4. The van der Waals surface area contributed by atoms with Gasteiger partial charge < -0.3 is 9.80 Å². The van der Waals surface area contributed by atoms with Crippen LogP contribution in [0.15, 0.2) is 0 Å². The summed E-state index contributed by atoms with van der Waals surface area (Å²) in [6, 6.07) is 0.0735. The zero-order valence-electron chi connectivity index (χ0n) is 11.3. The van der Waals surface area contributed by atoms with Gasteiger partial charge in [-0.15, -0.1) is 0 Å². The third-order valence-electron chi connectivity index (χ3n) is 3.40. The number of urea groups is 1.